The van der Waals surface area contributed by atoms with Gasteiger partial charge in [0.05, 0.1) is 23.3 Å². The summed E-state index contributed by atoms with van der Waals surface area (Å²) in [6, 6.07) is 6.61. The Labute approximate surface area is 186 Å². The van der Waals surface area contributed by atoms with E-state index in [4.69, 9.17) is 16.3 Å². The Hall–Kier alpha value is -1.45. The summed E-state index contributed by atoms with van der Waals surface area (Å²) >= 11 is 7.90. The molecule has 0 bridgehead atoms. The lowest BCUT2D eigenvalue weighted by Crippen LogP contribution is -2.48. The highest BCUT2D eigenvalue weighted by molar-refractivity contribution is 7.89. The van der Waals surface area contributed by atoms with Crippen molar-refractivity contribution in [2.24, 2.45) is 0 Å². The Morgan fingerprint density at radius 1 is 1.20 bits per heavy atom. The molecule has 2 aromatic rings. The normalized spacial score (nSPS) is 25.6. The molecule has 6 nitrogen and oxygen atoms in total. The summed E-state index contributed by atoms with van der Waals surface area (Å²) in [5.74, 6) is -0.166. The third-order valence-corrected chi connectivity index (χ3v) is 8.64. The molecule has 162 valence electrons. The van der Waals surface area contributed by atoms with Crippen LogP contribution in [0, 0.1) is 0 Å². The molecule has 2 aliphatic heterocycles. The van der Waals surface area contributed by atoms with Crippen LogP contribution < -0.4 is 0 Å². The highest BCUT2D eigenvalue weighted by Crippen LogP contribution is 2.35. The smallest absolute Gasteiger partial charge is 0.254 e. The van der Waals surface area contributed by atoms with Crippen molar-refractivity contribution in [3.05, 3.63) is 51.2 Å². The second-order valence-corrected chi connectivity index (χ2v) is 11.0. The first-order chi connectivity index (χ1) is 14.3. The van der Waals surface area contributed by atoms with Crippen LogP contribution in [0.1, 0.15) is 48.7 Å². The van der Waals surface area contributed by atoms with Gasteiger partial charge in [-0.3, -0.25) is 4.79 Å². The second-order valence-electron chi connectivity index (χ2n) is 7.94. The van der Waals surface area contributed by atoms with Crippen LogP contribution in [0.5, 0.6) is 0 Å². The fourth-order valence-electron chi connectivity index (χ4n) is 4.29. The van der Waals surface area contributed by atoms with Gasteiger partial charge < -0.3 is 9.64 Å². The number of ether oxygens (including phenoxy) is 1. The van der Waals surface area contributed by atoms with Crippen LogP contribution in [0.15, 0.2) is 39.9 Å². The monoisotopic (exact) mass is 468 g/mol. The molecule has 3 heterocycles. The number of benzene rings is 1. The molecule has 4 rings (SSSR count). The number of hydrogen-bond acceptors (Lipinski definition) is 5. The average molecular weight is 469 g/mol. The minimum atomic E-state index is -3.84. The molecule has 2 fully saturated rings. The van der Waals surface area contributed by atoms with Gasteiger partial charge in [-0.1, -0.05) is 11.6 Å². The van der Waals surface area contributed by atoms with Crippen molar-refractivity contribution in [3.63, 3.8) is 0 Å². The molecular formula is C21H25ClN2O4S2. The number of halogens is 1. The number of carbonyl (C=O) groups excluding carboxylic acids is 1. The summed E-state index contributed by atoms with van der Waals surface area (Å²) in [7, 11) is -3.84. The van der Waals surface area contributed by atoms with E-state index in [1.54, 1.807) is 17.4 Å². The van der Waals surface area contributed by atoms with Crippen molar-refractivity contribution in [2.45, 2.75) is 49.8 Å². The molecule has 0 N–H and O–H groups in total. The summed E-state index contributed by atoms with van der Waals surface area (Å²) in [4.78, 5) is 15.1. The second kappa shape index (κ2) is 8.59. The zero-order valence-electron chi connectivity index (χ0n) is 17.0. The highest BCUT2D eigenvalue weighted by atomic mass is 35.5. The molecule has 3 unspecified atom stereocenters. The molecule has 1 amide bonds. The summed E-state index contributed by atoms with van der Waals surface area (Å²) in [5, 5.41) is 4.19. The molecule has 1 aromatic heterocycles. The van der Waals surface area contributed by atoms with Gasteiger partial charge in [0, 0.05) is 25.2 Å². The van der Waals surface area contributed by atoms with Gasteiger partial charge in [0.15, 0.2) is 0 Å². The van der Waals surface area contributed by atoms with Crippen molar-refractivity contribution in [2.75, 3.05) is 19.6 Å². The Bertz CT molecular complexity index is 1020. The number of nitrogens with zero attached hydrogens (tertiary/aromatic N) is 2. The van der Waals surface area contributed by atoms with E-state index in [-0.39, 0.29) is 47.2 Å². The fourth-order valence-corrected chi connectivity index (χ4v) is 7.08. The number of sulfonamides is 1. The van der Waals surface area contributed by atoms with Crippen LogP contribution in [-0.4, -0.2) is 55.4 Å². The molecule has 0 saturated carbocycles. The van der Waals surface area contributed by atoms with E-state index in [1.807, 2.05) is 30.2 Å². The predicted octanol–water partition coefficient (Wildman–Crippen LogP) is 4.18. The van der Waals surface area contributed by atoms with Gasteiger partial charge in [-0.2, -0.15) is 15.6 Å². The number of hydrogen-bond donors (Lipinski definition) is 0. The maximum absolute atomic E-state index is 13.3. The van der Waals surface area contributed by atoms with Gasteiger partial charge in [-0.25, -0.2) is 8.42 Å². The molecule has 3 atom stereocenters. The number of carbonyl (C=O) groups is 1. The fraction of sp³-hybridized carbons (Fsp3) is 0.476. The first kappa shape index (κ1) is 21.8. The quantitative estimate of drug-likeness (QED) is 0.675. The van der Waals surface area contributed by atoms with Gasteiger partial charge in [-0.15, -0.1) is 0 Å². The molecule has 0 radical (unpaired) electrons. The van der Waals surface area contributed by atoms with Crippen LogP contribution in [0.3, 0.4) is 0 Å². The Balaban J connectivity index is 1.64. The van der Waals surface area contributed by atoms with Crippen LogP contribution in [0.4, 0.5) is 0 Å². The van der Waals surface area contributed by atoms with Crippen molar-refractivity contribution in [1.29, 1.82) is 0 Å². The molecule has 2 aliphatic rings. The van der Waals surface area contributed by atoms with E-state index in [0.29, 0.717) is 12.1 Å². The first-order valence-electron chi connectivity index (χ1n) is 10.1. The van der Waals surface area contributed by atoms with E-state index >= 15 is 0 Å². The van der Waals surface area contributed by atoms with E-state index in [9.17, 15) is 13.2 Å². The number of rotatable bonds is 4. The molecule has 9 heteroatoms. The van der Waals surface area contributed by atoms with Crippen LogP contribution in [-0.2, 0) is 14.8 Å². The minimum Gasteiger partial charge on any atom is -0.373 e. The SMILES string of the molecule is CC1CN(S(=O)(=O)c2cc(C(=O)N3CCCC3c3ccsc3)ccc2Cl)CC(C)O1. The average Bonchev–Trinajstić information content (AvgIpc) is 3.38. The van der Waals surface area contributed by atoms with Crippen molar-refractivity contribution < 1.29 is 17.9 Å². The van der Waals surface area contributed by atoms with Gasteiger partial charge >= 0.3 is 0 Å². The molecule has 1 aromatic carbocycles. The standard InChI is InChI=1S/C21H25ClN2O4S2/c1-14-11-23(12-15(2)28-14)30(26,27)20-10-16(5-6-18(20)22)21(25)24-8-3-4-19(24)17-7-9-29-13-17/h5-7,9-10,13-15,19H,3-4,8,11-12H2,1-2H3. The lowest BCUT2D eigenvalue weighted by Gasteiger charge is -2.34. The summed E-state index contributed by atoms with van der Waals surface area (Å²) in [6.45, 7) is 4.86. The van der Waals surface area contributed by atoms with Gasteiger partial charge in [0.1, 0.15) is 4.90 Å². The maximum Gasteiger partial charge on any atom is 0.254 e. The topological polar surface area (TPSA) is 66.9 Å². The third-order valence-electron chi connectivity index (χ3n) is 5.62. The van der Waals surface area contributed by atoms with E-state index in [1.165, 1.54) is 16.4 Å². The first-order valence-corrected chi connectivity index (χ1v) is 12.8. The van der Waals surface area contributed by atoms with Crippen LogP contribution in [0.25, 0.3) is 0 Å². The van der Waals surface area contributed by atoms with Crippen LogP contribution in [0.2, 0.25) is 5.02 Å². The Morgan fingerprint density at radius 2 is 1.93 bits per heavy atom. The number of morpholine rings is 1. The van der Waals surface area contributed by atoms with Crippen molar-refractivity contribution in [3.8, 4) is 0 Å². The highest BCUT2D eigenvalue weighted by Gasteiger charge is 2.35. The zero-order valence-corrected chi connectivity index (χ0v) is 19.3. The summed E-state index contributed by atoms with van der Waals surface area (Å²) in [5.41, 5.74) is 1.47. The largest absolute Gasteiger partial charge is 0.373 e. The minimum absolute atomic E-state index is 0.0254. The van der Waals surface area contributed by atoms with E-state index in [0.717, 1.165) is 18.4 Å². The van der Waals surface area contributed by atoms with E-state index in [2.05, 4.69) is 5.38 Å². The van der Waals surface area contributed by atoms with Crippen LogP contribution >= 0.6 is 22.9 Å². The molecule has 2 saturated heterocycles. The lowest BCUT2D eigenvalue weighted by atomic mass is 10.1. The molecule has 0 spiro atoms. The van der Waals surface area contributed by atoms with Crippen molar-refractivity contribution in [1.82, 2.24) is 9.21 Å². The van der Waals surface area contributed by atoms with Crippen molar-refractivity contribution >= 4 is 38.9 Å². The van der Waals surface area contributed by atoms with Gasteiger partial charge in [-0.05, 0) is 67.3 Å². The molecule has 30 heavy (non-hydrogen) atoms. The van der Waals surface area contributed by atoms with Gasteiger partial charge in [0.25, 0.3) is 5.91 Å². The maximum atomic E-state index is 13.3. The van der Waals surface area contributed by atoms with Gasteiger partial charge in [0.2, 0.25) is 10.0 Å². The predicted molar refractivity (Wildman–Crippen MR) is 118 cm³/mol. The zero-order chi connectivity index (χ0) is 21.5. The number of thiophene rings is 1. The summed E-state index contributed by atoms with van der Waals surface area (Å²) < 4.78 is 33.7. The summed E-state index contributed by atoms with van der Waals surface area (Å²) in [6.07, 6.45) is 1.42. The third kappa shape index (κ3) is 4.16. The number of amides is 1. The molecule has 0 aliphatic carbocycles. The Morgan fingerprint density at radius 3 is 2.60 bits per heavy atom. The molecular weight excluding hydrogens is 444 g/mol. The lowest BCUT2D eigenvalue weighted by molar-refractivity contribution is -0.0440. The number of likely N-dealkylation sites (tertiary alicyclic amines) is 1. The Kier molecular flexibility index (Phi) is 6.23. The van der Waals surface area contributed by atoms with E-state index < -0.39 is 10.0 Å².